The van der Waals surface area contributed by atoms with Gasteiger partial charge in [-0.3, -0.25) is 24.2 Å². The van der Waals surface area contributed by atoms with Gasteiger partial charge in [0.05, 0.1) is 51.8 Å². The second kappa shape index (κ2) is 13.3. The number of benzene rings is 1. The molecule has 5 heterocycles. The molecule has 0 saturated carbocycles. The van der Waals surface area contributed by atoms with Gasteiger partial charge in [0, 0.05) is 70.5 Å². The molecule has 3 N–H and O–H groups in total. The molecule has 6 rings (SSSR count). The number of fused-ring (bicyclic) bond motifs is 3. The average Bonchev–Trinajstić information content (AvgIpc) is 3.51. The fraction of sp³-hybridized carbons (Fsp3) is 0.242. The van der Waals surface area contributed by atoms with Crippen molar-refractivity contribution in [2.45, 2.75) is 24.9 Å². The van der Waals surface area contributed by atoms with Crippen LogP contribution < -0.4 is 20.9 Å². The Kier molecular flexibility index (Phi) is 8.97. The van der Waals surface area contributed by atoms with E-state index < -0.39 is 15.7 Å². The van der Waals surface area contributed by atoms with Crippen LogP contribution in [0.15, 0.2) is 72.1 Å². The first-order valence-corrected chi connectivity index (χ1v) is 17.0. The molecule has 4 aromatic heterocycles. The van der Waals surface area contributed by atoms with Crippen molar-refractivity contribution in [2.24, 2.45) is 7.05 Å². The van der Waals surface area contributed by atoms with E-state index in [1.165, 1.54) is 30.3 Å². The Morgan fingerprint density at radius 3 is 2.53 bits per heavy atom. The van der Waals surface area contributed by atoms with E-state index in [0.717, 1.165) is 28.1 Å². The maximum absolute atomic E-state index is 13.5. The summed E-state index contributed by atoms with van der Waals surface area (Å²) in [7, 11) is 3.51. The standard InChI is InChI=1S/C33H35N11O4S/c1-6-49(47,48)23-10-11-35-21(13-23)18-43(4)33(46)28-12-20-17-42(3)31-24(25(20)16-36-28)8-7-9-26(31)39-27-14-29(38-22-15-37-44(5)19-22)40-41-30(27)32(45)34-2/h7-16,19H,6,17-18H2,1-5H3,(H,34,45)(H2,38,39,40). The lowest BCUT2D eigenvalue weighted by molar-refractivity contribution is 0.0777. The fourth-order valence-corrected chi connectivity index (χ4v) is 6.54. The van der Waals surface area contributed by atoms with Crippen LogP contribution in [0.25, 0.3) is 11.1 Å². The number of carbonyl (C=O) groups excluding carboxylic acids is 2. The first kappa shape index (κ1) is 33.0. The van der Waals surface area contributed by atoms with Crippen LogP contribution in [0.1, 0.15) is 39.2 Å². The molecule has 2 amide bonds. The molecule has 0 fully saturated rings. The number of anilines is 5. The molecule has 252 valence electrons. The summed E-state index contributed by atoms with van der Waals surface area (Å²) in [6.07, 6.45) is 6.58. The van der Waals surface area contributed by atoms with Gasteiger partial charge in [-0.15, -0.1) is 10.2 Å². The molecule has 0 spiro atoms. The van der Waals surface area contributed by atoms with Gasteiger partial charge in [0.2, 0.25) is 0 Å². The van der Waals surface area contributed by atoms with E-state index in [0.29, 0.717) is 29.4 Å². The lowest BCUT2D eigenvalue weighted by atomic mass is 9.93. The highest BCUT2D eigenvalue weighted by molar-refractivity contribution is 7.91. The van der Waals surface area contributed by atoms with Crippen LogP contribution in [0.4, 0.5) is 28.6 Å². The highest BCUT2D eigenvalue weighted by Gasteiger charge is 2.26. The summed E-state index contributed by atoms with van der Waals surface area (Å²) < 4.78 is 26.3. The molecule has 0 atom stereocenters. The van der Waals surface area contributed by atoms with Gasteiger partial charge in [-0.25, -0.2) is 8.42 Å². The second-order valence-electron chi connectivity index (χ2n) is 11.6. The molecule has 0 saturated heterocycles. The zero-order valence-corrected chi connectivity index (χ0v) is 28.4. The second-order valence-corrected chi connectivity index (χ2v) is 13.8. The number of hydrogen-bond acceptors (Lipinski definition) is 12. The van der Waals surface area contributed by atoms with Crippen LogP contribution in [0.2, 0.25) is 0 Å². The molecule has 5 aromatic rings. The van der Waals surface area contributed by atoms with Crippen LogP contribution in [-0.2, 0) is 30.0 Å². The molecule has 0 radical (unpaired) electrons. The van der Waals surface area contributed by atoms with Crippen LogP contribution in [0, 0.1) is 0 Å². The number of carbonyl (C=O) groups is 2. The number of aryl methyl sites for hydroxylation is 1. The minimum absolute atomic E-state index is 0.0251. The third kappa shape index (κ3) is 6.76. The third-order valence-electron chi connectivity index (χ3n) is 8.08. The Bertz CT molecular complexity index is 2190. The number of sulfone groups is 1. The van der Waals surface area contributed by atoms with Crippen LogP contribution in [0.3, 0.4) is 0 Å². The lowest BCUT2D eigenvalue weighted by Gasteiger charge is -2.32. The summed E-state index contributed by atoms with van der Waals surface area (Å²) in [6, 6.07) is 12.2. The van der Waals surface area contributed by atoms with E-state index in [9.17, 15) is 18.0 Å². The topological polar surface area (TPSA) is 180 Å². The van der Waals surface area contributed by atoms with E-state index in [1.807, 2.05) is 32.3 Å². The fourth-order valence-electron chi connectivity index (χ4n) is 5.62. The monoisotopic (exact) mass is 681 g/mol. The van der Waals surface area contributed by atoms with Gasteiger partial charge in [0.25, 0.3) is 11.8 Å². The number of pyridine rings is 2. The first-order valence-electron chi connectivity index (χ1n) is 15.4. The first-order chi connectivity index (χ1) is 23.5. The highest BCUT2D eigenvalue weighted by atomic mass is 32.2. The predicted octanol–water partition coefficient (Wildman–Crippen LogP) is 3.53. The molecule has 1 aromatic carbocycles. The Balaban J connectivity index is 1.27. The molecule has 0 unspecified atom stereocenters. The number of rotatable bonds is 10. The van der Waals surface area contributed by atoms with Crippen LogP contribution in [-0.4, -0.2) is 82.0 Å². The quantitative estimate of drug-likeness (QED) is 0.196. The summed E-state index contributed by atoms with van der Waals surface area (Å²) in [4.78, 5) is 38.7. The molecule has 15 nitrogen and oxygen atoms in total. The van der Waals surface area contributed by atoms with Crippen molar-refractivity contribution >= 4 is 50.2 Å². The molecule has 0 bridgehead atoms. The maximum atomic E-state index is 13.5. The third-order valence-corrected chi connectivity index (χ3v) is 9.81. The Morgan fingerprint density at radius 2 is 1.80 bits per heavy atom. The van der Waals surface area contributed by atoms with Gasteiger partial charge in [-0.05, 0) is 29.8 Å². The van der Waals surface area contributed by atoms with Crippen molar-refractivity contribution in [3.8, 4) is 11.1 Å². The summed E-state index contributed by atoms with van der Waals surface area (Å²) >= 11 is 0. The van der Waals surface area contributed by atoms with Gasteiger partial charge >= 0.3 is 0 Å². The number of nitrogens with one attached hydrogen (secondary N) is 3. The zero-order chi connectivity index (χ0) is 34.9. The van der Waals surface area contributed by atoms with E-state index in [-0.39, 0.29) is 34.5 Å². The highest BCUT2D eigenvalue weighted by Crippen LogP contribution is 2.44. The Labute approximate surface area is 283 Å². The van der Waals surface area contributed by atoms with E-state index >= 15 is 0 Å². The largest absolute Gasteiger partial charge is 0.368 e. The smallest absolute Gasteiger partial charge is 0.273 e. The maximum Gasteiger partial charge on any atom is 0.273 e. The molecule has 0 aliphatic carbocycles. The number of aromatic nitrogens is 6. The molecule has 16 heteroatoms. The Morgan fingerprint density at radius 1 is 0.980 bits per heavy atom. The molecular weight excluding hydrogens is 647 g/mol. The minimum Gasteiger partial charge on any atom is -0.368 e. The molecule has 49 heavy (non-hydrogen) atoms. The number of para-hydroxylation sites is 1. The lowest BCUT2D eigenvalue weighted by Crippen LogP contribution is -2.28. The zero-order valence-electron chi connectivity index (χ0n) is 27.6. The number of hydrogen-bond donors (Lipinski definition) is 3. The van der Waals surface area contributed by atoms with Crippen molar-refractivity contribution < 1.29 is 18.0 Å². The van der Waals surface area contributed by atoms with Gasteiger partial charge in [0.1, 0.15) is 5.69 Å². The van der Waals surface area contributed by atoms with Crippen molar-refractivity contribution in [2.75, 3.05) is 42.4 Å². The summed E-state index contributed by atoms with van der Waals surface area (Å²) in [5, 5.41) is 21.7. The molecular formula is C33H35N11O4S. The average molecular weight is 682 g/mol. The normalized spacial score (nSPS) is 12.1. The van der Waals surface area contributed by atoms with Gasteiger partial charge in [-0.2, -0.15) is 5.10 Å². The molecule has 1 aliphatic heterocycles. The van der Waals surface area contributed by atoms with Crippen LogP contribution >= 0.6 is 0 Å². The van der Waals surface area contributed by atoms with E-state index in [2.05, 4.69) is 46.1 Å². The van der Waals surface area contributed by atoms with Gasteiger partial charge < -0.3 is 25.8 Å². The van der Waals surface area contributed by atoms with Crippen LogP contribution in [0.5, 0.6) is 0 Å². The molecule has 1 aliphatic rings. The summed E-state index contributed by atoms with van der Waals surface area (Å²) in [6.45, 7) is 2.18. The van der Waals surface area contributed by atoms with E-state index in [4.69, 9.17) is 0 Å². The van der Waals surface area contributed by atoms with E-state index in [1.54, 1.807) is 49.4 Å². The minimum atomic E-state index is -3.40. The van der Waals surface area contributed by atoms with Crippen molar-refractivity contribution in [3.05, 3.63) is 89.9 Å². The number of nitrogens with zero attached hydrogens (tertiary/aromatic N) is 8. The van der Waals surface area contributed by atoms with Crippen molar-refractivity contribution in [3.63, 3.8) is 0 Å². The number of amides is 2. The van der Waals surface area contributed by atoms with Crippen molar-refractivity contribution in [1.82, 2.24) is 40.2 Å². The van der Waals surface area contributed by atoms with Crippen molar-refractivity contribution in [1.29, 1.82) is 0 Å². The van der Waals surface area contributed by atoms with Gasteiger partial charge in [-0.1, -0.05) is 19.1 Å². The van der Waals surface area contributed by atoms with Gasteiger partial charge in [0.15, 0.2) is 21.3 Å². The Hall–Kier alpha value is -5.90. The summed E-state index contributed by atoms with van der Waals surface area (Å²) in [5.41, 5.74) is 6.29. The SMILES string of the molecule is CCS(=O)(=O)c1ccnc(CN(C)C(=O)c2cc3c(cn2)-c2cccc(Nc4cc(Nc5cnn(C)c5)nnc4C(=O)NC)c2N(C)C3)c1. The predicted molar refractivity (Wildman–Crippen MR) is 185 cm³/mol. The summed E-state index contributed by atoms with van der Waals surface area (Å²) in [5.74, 6) is -0.317.